The van der Waals surface area contributed by atoms with Gasteiger partial charge in [0.25, 0.3) is 0 Å². The second-order valence-corrected chi connectivity index (χ2v) is 9.55. The van der Waals surface area contributed by atoms with Crippen molar-refractivity contribution in [1.29, 1.82) is 0 Å². The zero-order valence-corrected chi connectivity index (χ0v) is 19.5. The van der Waals surface area contributed by atoms with Gasteiger partial charge in [0.15, 0.2) is 0 Å². The van der Waals surface area contributed by atoms with Crippen molar-refractivity contribution in [3.8, 4) is 0 Å². The molecule has 3 heteroatoms. The van der Waals surface area contributed by atoms with E-state index in [2.05, 4.69) is 70.3 Å². The van der Waals surface area contributed by atoms with Gasteiger partial charge in [0.1, 0.15) is 5.25 Å². The van der Waals surface area contributed by atoms with E-state index in [-0.39, 0.29) is 11.2 Å². The second kappa shape index (κ2) is 12.1. The van der Waals surface area contributed by atoms with Crippen LogP contribution in [0.3, 0.4) is 0 Å². The van der Waals surface area contributed by atoms with Gasteiger partial charge < -0.3 is 5.32 Å². The van der Waals surface area contributed by atoms with E-state index >= 15 is 0 Å². The number of anilines is 1. The van der Waals surface area contributed by atoms with Crippen LogP contribution in [0.4, 0.5) is 5.69 Å². The molecule has 1 N–H and O–H groups in total. The van der Waals surface area contributed by atoms with Crippen LogP contribution in [0.2, 0.25) is 0 Å². The maximum Gasteiger partial charge on any atom is 0.242 e. The van der Waals surface area contributed by atoms with Crippen molar-refractivity contribution in [3.05, 3.63) is 65.2 Å². The first-order valence-corrected chi connectivity index (χ1v) is 12.1. The first-order valence-electron chi connectivity index (χ1n) is 11.1. The van der Waals surface area contributed by atoms with Crippen LogP contribution in [0.25, 0.3) is 0 Å². The van der Waals surface area contributed by atoms with Gasteiger partial charge in [-0.3, -0.25) is 4.79 Å². The number of nitrogens with one attached hydrogen (secondary N) is 1. The molecule has 0 radical (unpaired) electrons. The van der Waals surface area contributed by atoms with Gasteiger partial charge >= 0.3 is 0 Å². The number of rotatable bonds is 11. The first-order chi connectivity index (χ1) is 14.0. The molecule has 2 aromatic carbocycles. The predicted octanol–water partition coefficient (Wildman–Crippen LogP) is 7.93. The molecule has 29 heavy (non-hydrogen) atoms. The van der Waals surface area contributed by atoms with Crippen LogP contribution in [0, 0.1) is 0 Å². The molecular weight excluding hydrogens is 374 g/mol. The summed E-state index contributed by atoms with van der Waals surface area (Å²) in [4.78, 5) is 13.5. The number of amides is 1. The topological polar surface area (TPSA) is 29.1 Å². The Morgan fingerprint density at radius 2 is 1.48 bits per heavy atom. The minimum atomic E-state index is -0.182. The lowest BCUT2D eigenvalue weighted by atomic mass is 9.92. The largest absolute Gasteiger partial charge is 0.324 e. The molecule has 158 valence electrons. The normalized spacial score (nSPS) is 12.4. The molecule has 0 aromatic heterocycles. The van der Waals surface area contributed by atoms with Crippen molar-refractivity contribution in [1.82, 2.24) is 0 Å². The number of hydrogen-bond donors (Lipinski definition) is 1. The SMILES string of the molecule is CCCCCCSC(C(=O)Nc1c(C(C)C)cccc1C(C)C)c1ccccc1. The number of benzene rings is 2. The molecule has 0 aliphatic heterocycles. The summed E-state index contributed by atoms with van der Waals surface area (Å²) in [5.74, 6) is 1.82. The minimum absolute atomic E-state index is 0.0895. The highest BCUT2D eigenvalue weighted by molar-refractivity contribution is 8.00. The number of para-hydroxylation sites is 1. The molecule has 0 aliphatic rings. The summed E-state index contributed by atoms with van der Waals surface area (Å²) >= 11 is 1.77. The van der Waals surface area contributed by atoms with E-state index in [1.54, 1.807) is 11.8 Å². The summed E-state index contributed by atoms with van der Waals surface area (Å²) in [6, 6.07) is 16.6. The Hall–Kier alpha value is -1.74. The average Bonchev–Trinajstić information content (AvgIpc) is 2.71. The Kier molecular flexibility index (Phi) is 9.80. The summed E-state index contributed by atoms with van der Waals surface area (Å²) < 4.78 is 0. The Morgan fingerprint density at radius 1 is 0.862 bits per heavy atom. The molecule has 1 unspecified atom stereocenters. The Balaban J connectivity index is 2.25. The van der Waals surface area contributed by atoms with Crippen LogP contribution in [0.1, 0.15) is 94.1 Å². The van der Waals surface area contributed by atoms with E-state index in [9.17, 15) is 4.79 Å². The Bertz CT molecular complexity index is 728. The lowest BCUT2D eigenvalue weighted by Gasteiger charge is -2.23. The van der Waals surface area contributed by atoms with Crippen LogP contribution in [-0.2, 0) is 4.79 Å². The molecule has 0 aliphatic carbocycles. The molecular formula is C26H37NOS. The third kappa shape index (κ3) is 6.92. The van der Waals surface area contributed by atoms with E-state index in [1.807, 2.05) is 18.2 Å². The summed E-state index contributed by atoms with van der Waals surface area (Å²) in [5, 5.41) is 3.15. The van der Waals surface area contributed by atoms with Crippen LogP contribution in [0.15, 0.2) is 48.5 Å². The van der Waals surface area contributed by atoms with Gasteiger partial charge in [-0.25, -0.2) is 0 Å². The number of carbonyl (C=O) groups excluding carboxylic acids is 1. The van der Waals surface area contributed by atoms with Crippen LogP contribution in [0.5, 0.6) is 0 Å². The zero-order chi connectivity index (χ0) is 21.2. The van der Waals surface area contributed by atoms with E-state index in [4.69, 9.17) is 0 Å². The summed E-state index contributed by atoms with van der Waals surface area (Å²) in [6.45, 7) is 11.0. The zero-order valence-electron chi connectivity index (χ0n) is 18.7. The number of hydrogen-bond acceptors (Lipinski definition) is 2. The minimum Gasteiger partial charge on any atom is -0.324 e. The van der Waals surface area contributed by atoms with Crippen molar-refractivity contribution in [2.45, 2.75) is 77.4 Å². The number of unbranched alkanes of at least 4 members (excludes halogenated alkanes) is 3. The lowest BCUT2D eigenvalue weighted by molar-refractivity contribution is -0.115. The molecule has 0 heterocycles. The molecule has 0 saturated heterocycles. The van der Waals surface area contributed by atoms with Gasteiger partial charge in [0.05, 0.1) is 0 Å². The smallest absolute Gasteiger partial charge is 0.242 e. The molecule has 2 nitrogen and oxygen atoms in total. The third-order valence-corrected chi connectivity index (χ3v) is 6.59. The Labute approximate surface area is 181 Å². The fourth-order valence-electron chi connectivity index (χ4n) is 3.57. The quantitative estimate of drug-likeness (QED) is 0.380. The monoisotopic (exact) mass is 411 g/mol. The van der Waals surface area contributed by atoms with Gasteiger partial charge in [0, 0.05) is 5.69 Å². The third-order valence-electron chi connectivity index (χ3n) is 5.24. The first kappa shape index (κ1) is 23.5. The molecule has 1 atom stereocenters. The number of carbonyl (C=O) groups is 1. The van der Waals surface area contributed by atoms with E-state index in [1.165, 1.54) is 30.4 Å². The van der Waals surface area contributed by atoms with Gasteiger partial charge in [-0.05, 0) is 40.7 Å². The van der Waals surface area contributed by atoms with Crippen molar-refractivity contribution >= 4 is 23.4 Å². The lowest BCUT2D eigenvalue weighted by Crippen LogP contribution is -2.21. The standard InChI is InChI=1S/C26H37NOS/c1-6-7-8-12-18-29-25(21-14-10-9-11-15-21)26(28)27-24-22(19(2)3)16-13-17-23(24)20(4)5/h9-11,13-17,19-20,25H,6-8,12,18H2,1-5H3,(H,27,28). The summed E-state index contributed by atoms with van der Waals surface area (Å²) in [7, 11) is 0. The van der Waals surface area contributed by atoms with Crippen LogP contribution < -0.4 is 5.32 Å². The van der Waals surface area contributed by atoms with E-state index < -0.39 is 0 Å². The predicted molar refractivity (Wildman–Crippen MR) is 129 cm³/mol. The van der Waals surface area contributed by atoms with Gasteiger partial charge in [-0.2, -0.15) is 0 Å². The van der Waals surface area contributed by atoms with Crippen LogP contribution in [-0.4, -0.2) is 11.7 Å². The highest BCUT2D eigenvalue weighted by Crippen LogP contribution is 2.36. The fraction of sp³-hybridized carbons (Fsp3) is 0.500. The summed E-state index contributed by atoms with van der Waals surface area (Å²) in [6.07, 6.45) is 4.90. The van der Waals surface area contributed by atoms with Crippen molar-refractivity contribution in [2.24, 2.45) is 0 Å². The van der Waals surface area contributed by atoms with Gasteiger partial charge in [-0.15, -0.1) is 11.8 Å². The molecule has 0 fully saturated rings. The molecule has 2 rings (SSSR count). The van der Waals surface area contributed by atoms with Crippen molar-refractivity contribution in [3.63, 3.8) is 0 Å². The molecule has 1 amide bonds. The molecule has 0 bridgehead atoms. The Morgan fingerprint density at radius 3 is 2.03 bits per heavy atom. The van der Waals surface area contributed by atoms with Crippen molar-refractivity contribution in [2.75, 3.05) is 11.1 Å². The maximum atomic E-state index is 13.5. The average molecular weight is 412 g/mol. The van der Waals surface area contributed by atoms with Gasteiger partial charge in [0.2, 0.25) is 5.91 Å². The maximum absolute atomic E-state index is 13.5. The second-order valence-electron chi connectivity index (χ2n) is 8.33. The summed E-state index contributed by atoms with van der Waals surface area (Å²) in [5.41, 5.74) is 4.52. The van der Waals surface area contributed by atoms with E-state index in [0.717, 1.165) is 23.4 Å². The molecule has 2 aromatic rings. The highest BCUT2D eigenvalue weighted by atomic mass is 32.2. The number of thioether (sulfide) groups is 1. The fourth-order valence-corrected chi connectivity index (χ4v) is 4.73. The van der Waals surface area contributed by atoms with Crippen molar-refractivity contribution < 1.29 is 4.79 Å². The van der Waals surface area contributed by atoms with Gasteiger partial charge in [-0.1, -0.05) is 102 Å². The highest BCUT2D eigenvalue weighted by Gasteiger charge is 2.24. The molecule has 0 spiro atoms. The van der Waals surface area contributed by atoms with E-state index in [0.29, 0.717) is 11.8 Å². The van der Waals surface area contributed by atoms with Crippen LogP contribution >= 0.6 is 11.8 Å². The molecule has 0 saturated carbocycles.